The summed E-state index contributed by atoms with van der Waals surface area (Å²) in [6.07, 6.45) is 5.41. The van der Waals surface area contributed by atoms with Gasteiger partial charge in [0.1, 0.15) is 23.6 Å². The van der Waals surface area contributed by atoms with Crippen molar-refractivity contribution in [2.75, 3.05) is 31.1 Å². The van der Waals surface area contributed by atoms with Crippen molar-refractivity contribution in [3.63, 3.8) is 0 Å². The lowest BCUT2D eigenvalue weighted by Gasteiger charge is -2.37. The summed E-state index contributed by atoms with van der Waals surface area (Å²) in [5.41, 5.74) is 13.8. The number of hydrogen-bond donors (Lipinski definition) is 5. The van der Waals surface area contributed by atoms with Gasteiger partial charge in [0.05, 0.1) is 41.2 Å². The molecule has 2 fully saturated rings. The summed E-state index contributed by atoms with van der Waals surface area (Å²) in [5, 5.41) is 15.6. The fraction of sp³-hybridized carbons (Fsp3) is 0.333. The number of ether oxygens (including phenoxy) is 1. The highest BCUT2D eigenvalue weighted by Gasteiger charge is 2.37. The fourth-order valence-corrected chi connectivity index (χ4v) is 5.62. The van der Waals surface area contributed by atoms with Crippen LogP contribution in [0.2, 0.25) is 5.02 Å². The van der Waals surface area contributed by atoms with Crippen LogP contribution in [-0.4, -0.2) is 65.6 Å². The number of pyridine rings is 1. The highest BCUT2D eigenvalue weighted by atomic mass is 35.5. The number of hydrogen-bond acceptors (Lipinski definition) is 9. The van der Waals surface area contributed by atoms with Gasteiger partial charge in [-0.1, -0.05) is 17.7 Å². The Morgan fingerprint density at radius 3 is 2.95 bits per heavy atom. The van der Waals surface area contributed by atoms with E-state index >= 15 is 0 Å². The second-order valence-corrected chi connectivity index (χ2v) is 10.1. The molecule has 0 radical (unpaired) electrons. The molecule has 0 aliphatic carbocycles. The highest BCUT2D eigenvalue weighted by molar-refractivity contribution is 6.33. The topological polar surface area (TPSA) is 114 Å². The van der Waals surface area contributed by atoms with Gasteiger partial charge in [0.15, 0.2) is 0 Å². The van der Waals surface area contributed by atoms with Crippen LogP contribution < -0.4 is 26.5 Å². The zero-order valence-corrected chi connectivity index (χ0v) is 22.0. The van der Waals surface area contributed by atoms with Crippen molar-refractivity contribution >= 4 is 28.9 Å². The largest absolute Gasteiger partial charge is 0.492 e. The Labute approximate surface area is 230 Å². The second-order valence-electron chi connectivity index (χ2n) is 9.71. The number of halogens is 2. The van der Waals surface area contributed by atoms with Gasteiger partial charge in [-0.3, -0.25) is 15.2 Å². The number of nitrogens with one attached hydrogen (secondary N) is 4. The normalized spacial score (nSPS) is 24.3. The first-order chi connectivity index (χ1) is 18.9. The van der Waals surface area contributed by atoms with Crippen molar-refractivity contribution in [2.24, 2.45) is 0 Å². The zero-order valence-electron chi connectivity index (χ0n) is 21.2. The molecule has 3 atom stereocenters. The van der Waals surface area contributed by atoms with Crippen LogP contribution in [0.5, 0.6) is 0 Å². The molecule has 5 N–H and O–H groups in total. The van der Waals surface area contributed by atoms with Crippen LogP contribution in [0.3, 0.4) is 0 Å². The van der Waals surface area contributed by atoms with Crippen LogP contribution in [0.15, 0.2) is 65.8 Å². The summed E-state index contributed by atoms with van der Waals surface area (Å²) in [5.74, 6) is 0.139. The van der Waals surface area contributed by atoms with Crippen molar-refractivity contribution in [3.05, 3.63) is 87.8 Å². The predicted octanol–water partition coefficient (Wildman–Crippen LogP) is 2.03. The number of aromatic nitrogens is 1. The molecular formula is C27H29ClFN7O3. The molecule has 5 heterocycles. The lowest BCUT2D eigenvalue weighted by Crippen LogP contribution is -2.54. The van der Waals surface area contributed by atoms with Crippen LogP contribution >= 0.6 is 11.6 Å². The molecule has 2 saturated heterocycles. The monoisotopic (exact) mass is 553 g/mol. The van der Waals surface area contributed by atoms with Gasteiger partial charge >= 0.3 is 0 Å². The summed E-state index contributed by atoms with van der Waals surface area (Å²) in [7, 11) is 0. The van der Waals surface area contributed by atoms with Crippen molar-refractivity contribution in [1.82, 2.24) is 31.6 Å². The summed E-state index contributed by atoms with van der Waals surface area (Å²) in [4.78, 5) is 19.3. The summed E-state index contributed by atoms with van der Waals surface area (Å²) in [6.45, 7) is 4.06. The predicted molar refractivity (Wildman–Crippen MR) is 144 cm³/mol. The molecular weight excluding hydrogens is 525 g/mol. The minimum atomic E-state index is -0.862. The van der Waals surface area contributed by atoms with Gasteiger partial charge in [0.2, 0.25) is 0 Å². The van der Waals surface area contributed by atoms with Gasteiger partial charge in [-0.05, 0) is 43.7 Å². The number of aliphatic hydroxyl groups excluding tert-OH is 1. The van der Waals surface area contributed by atoms with E-state index in [1.165, 1.54) is 23.8 Å². The van der Waals surface area contributed by atoms with Gasteiger partial charge in [-0.25, -0.2) is 20.2 Å². The molecule has 12 heteroatoms. The third kappa shape index (κ3) is 4.88. The number of carbonyl (C=O) groups excluding carboxylic acids is 1. The Balaban J connectivity index is 1.16. The van der Waals surface area contributed by atoms with Crippen LogP contribution in [0.1, 0.15) is 29.3 Å². The fourth-order valence-electron chi connectivity index (χ4n) is 5.37. The molecule has 39 heavy (non-hydrogen) atoms. The van der Waals surface area contributed by atoms with E-state index in [9.17, 15) is 14.3 Å². The van der Waals surface area contributed by atoms with Gasteiger partial charge in [0.25, 0.3) is 5.91 Å². The number of allylic oxidation sites excluding steroid dienone is 2. The number of aliphatic hydroxyl groups is 1. The van der Waals surface area contributed by atoms with E-state index in [2.05, 4.69) is 21.6 Å². The number of rotatable bonds is 6. The van der Waals surface area contributed by atoms with Gasteiger partial charge < -0.3 is 20.1 Å². The molecule has 10 nitrogen and oxygen atoms in total. The number of benzene rings is 1. The molecule has 2 aromatic rings. The molecule has 1 aromatic heterocycles. The molecule has 1 unspecified atom stereocenters. The van der Waals surface area contributed by atoms with Crippen molar-refractivity contribution < 1.29 is 19.0 Å². The Hall–Kier alpha value is -3.48. The molecule has 204 valence electrons. The molecule has 6 rings (SSSR count). The van der Waals surface area contributed by atoms with Gasteiger partial charge in [-0.15, -0.1) is 0 Å². The maximum atomic E-state index is 14.1. The van der Waals surface area contributed by atoms with Crippen molar-refractivity contribution in [3.8, 4) is 0 Å². The number of β-amino-alcohol motifs (C(OH)–C–C–N with tert-alkyl or cyclic N) is 1. The van der Waals surface area contributed by atoms with E-state index < -0.39 is 23.9 Å². The molecule has 4 aliphatic heterocycles. The number of amides is 1. The first kappa shape index (κ1) is 25.8. The van der Waals surface area contributed by atoms with E-state index in [0.29, 0.717) is 19.6 Å². The molecule has 0 bridgehead atoms. The number of nitrogens with zero attached hydrogens (tertiary/aromatic N) is 3. The number of carbonyl (C=O) groups is 1. The number of hydrazine groups is 2. The molecule has 0 spiro atoms. The summed E-state index contributed by atoms with van der Waals surface area (Å²) >= 11 is 6.02. The van der Waals surface area contributed by atoms with E-state index in [1.807, 2.05) is 47.4 Å². The summed E-state index contributed by atoms with van der Waals surface area (Å²) in [6, 6.07) is 7.50. The first-order valence-electron chi connectivity index (χ1n) is 12.9. The Bertz CT molecular complexity index is 1360. The minimum Gasteiger partial charge on any atom is -0.492 e. The first-order valence-corrected chi connectivity index (χ1v) is 13.3. The SMILES string of the molecule is CCOC1=CN2NC3NNCC3=C2C(c2ccc(N3CC[C@H](NC(=O)c4c(F)cccc4Cl)[C@@H](O)C3)nc2)=C1. The van der Waals surface area contributed by atoms with Gasteiger partial charge in [0, 0.05) is 42.5 Å². The van der Waals surface area contributed by atoms with Crippen LogP contribution in [0, 0.1) is 5.82 Å². The maximum Gasteiger partial charge on any atom is 0.256 e. The van der Waals surface area contributed by atoms with Crippen molar-refractivity contribution in [1.29, 1.82) is 0 Å². The average Bonchev–Trinajstić information content (AvgIpc) is 3.51. The lowest BCUT2D eigenvalue weighted by atomic mass is 9.97. The quantitative estimate of drug-likeness (QED) is 0.367. The van der Waals surface area contributed by atoms with E-state index in [4.69, 9.17) is 21.3 Å². The Kier molecular flexibility index (Phi) is 7.00. The highest BCUT2D eigenvalue weighted by Crippen LogP contribution is 2.38. The molecule has 1 aromatic carbocycles. The number of fused-ring (bicyclic) bond motifs is 2. The third-order valence-electron chi connectivity index (χ3n) is 7.27. The Morgan fingerprint density at radius 1 is 1.33 bits per heavy atom. The number of anilines is 1. The summed E-state index contributed by atoms with van der Waals surface area (Å²) < 4.78 is 19.9. The third-order valence-corrected chi connectivity index (χ3v) is 7.58. The van der Waals surface area contributed by atoms with Crippen LogP contribution in [0.25, 0.3) is 5.57 Å². The second kappa shape index (κ2) is 10.6. The molecule has 0 saturated carbocycles. The average molecular weight is 554 g/mol. The lowest BCUT2D eigenvalue weighted by molar-refractivity contribution is 0.0794. The van der Waals surface area contributed by atoms with Crippen LogP contribution in [-0.2, 0) is 4.74 Å². The van der Waals surface area contributed by atoms with Crippen molar-refractivity contribution in [2.45, 2.75) is 31.7 Å². The van der Waals surface area contributed by atoms with Crippen LogP contribution in [0.4, 0.5) is 10.2 Å². The van der Waals surface area contributed by atoms with Gasteiger partial charge in [-0.2, -0.15) is 0 Å². The molecule has 4 aliphatic rings. The minimum absolute atomic E-state index is 0.00513. The smallest absolute Gasteiger partial charge is 0.256 e. The maximum absolute atomic E-state index is 14.1. The standard InChI is InChI=1S/C27H29ClFN7O3/c1-2-39-16-10-17(25-18-12-31-33-26(18)34-36(25)13-16)15-6-7-23(30-11-15)35-9-8-21(22(37)14-35)32-27(38)24-19(28)4-3-5-20(24)29/h3-7,10-11,13,21-22,26,31,33-34,37H,2,8-9,12,14H2,1H3,(H,32,38)/t21-,22-,26?/m0/s1. The number of piperidine rings is 1. The molecule has 1 amide bonds. The van der Waals surface area contributed by atoms with E-state index in [-0.39, 0.29) is 23.3 Å². The van der Waals surface area contributed by atoms with E-state index in [1.54, 1.807) is 0 Å². The van der Waals surface area contributed by atoms with E-state index in [0.717, 1.165) is 35.0 Å². The zero-order chi connectivity index (χ0) is 27.1. The Morgan fingerprint density at radius 2 is 2.21 bits per heavy atom.